The minimum absolute atomic E-state index is 0.0167. The molecule has 4 aromatic rings. The molecule has 3 aromatic heterocycles. The van der Waals surface area contributed by atoms with Crippen molar-refractivity contribution in [1.29, 1.82) is 0 Å². The molecule has 0 aliphatic carbocycles. The molecule has 0 bridgehead atoms. The van der Waals surface area contributed by atoms with Crippen LogP contribution in [0.25, 0.3) is 16.8 Å². The first-order valence-electron chi connectivity index (χ1n) is 11.7. The van der Waals surface area contributed by atoms with Crippen LogP contribution in [0.15, 0.2) is 48.0 Å². The molecule has 1 fully saturated rings. The fourth-order valence-corrected chi connectivity index (χ4v) is 4.98. The first-order chi connectivity index (χ1) is 18.1. The van der Waals surface area contributed by atoms with Gasteiger partial charge in [0, 0.05) is 18.4 Å². The van der Waals surface area contributed by atoms with Gasteiger partial charge >= 0.3 is 6.18 Å². The van der Waals surface area contributed by atoms with E-state index in [4.69, 9.17) is 10.5 Å². The first kappa shape index (κ1) is 25.7. The third-order valence-corrected chi connectivity index (χ3v) is 7.13. The third kappa shape index (κ3) is 5.34. The molecule has 0 unspecified atom stereocenters. The molecule has 1 saturated heterocycles. The molecule has 4 heterocycles. The zero-order valence-electron chi connectivity index (χ0n) is 20.1. The van der Waals surface area contributed by atoms with Gasteiger partial charge in [0.2, 0.25) is 5.95 Å². The number of hydrogen-bond acceptors (Lipinski definition) is 7. The van der Waals surface area contributed by atoms with E-state index in [0.717, 1.165) is 12.1 Å². The van der Waals surface area contributed by atoms with Crippen molar-refractivity contribution in [2.24, 2.45) is 0 Å². The Labute approximate surface area is 218 Å². The summed E-state index contributed by atoms with van der Waals surface area (Å²) in [6, 6.07) is 7.39. The van der Waals surface area contributed by atoms with Crippen molar-refractivity contribution >= 4 is 34.7 Å². The summed E-state index contributed by atoms with van der Waals surface area (Å²) in [6.07, 6.45) is -2.04. The summed E-state index contributed by atoms with van der Waals surface area (Å²) in [6.45, 7) is 2.71. The minimum atomic E-state index is -4.43. The Morgan fingerprint density at radius 3 is 2.63 bits per heavy atom. The predicted octanol–water partition coefficient (Wildman–Crippen LogP) is 4.07. The van der Waals surface area contributed by atoms with Gasteiger partial charge in [0.1, 0.15) is 0 Å². The number of ether oxygens (including phenoxy) is 1. The Hall–Kier alpha value is -3.97. The Kier molecular flexibility index (Phi) is 6.80. The number of halogens is 3. The summed E-state index contributed by atoms with van der Waals surface area (Å²) in [5, 5.41) is 11.7. The number of rotatable bonds is 6. The topological polar surface area (TPSA) is 124 Å². The van der Waals surface area contributed by atoms with Gasteiger partial charge in [0.25, 0.3) is 11.8 Å². The van der Waals surface area contributed by atoms with Crippen LogP contribution in [-0.4, -0.2) is 45.7 Å². The number of benzene rings is 1. The smallest absolute Gasteiger partial charge is 0.379 e. The van der Waals surface area contributed by atoms with E-state index in [0.29, 0.717) is 46.8 Å². The molecular weight excluding hydrogens is 521 g/mol. The molecule has 2 amide bonds. The number of nitrogens with one attached hydrogen (secondary N) is 2. The normalized spacial score (nSPS) is 16.5. The summed E-state index contributed by atoms with van der Waals surface area (Å²) >= 11 is 1.20. The van der Waals surface area contributed by atoms with Gasteiger partial charge in [-0.25, -0.2) is 4.52 Å². The van der Waals surface area contributed by atoms with Crippen molar-refractivity contribution in [3.8, 4) is 11.1 Å². The average Bonchev–Trinajstić information content (AvgIpc) is 3.63. The van der Waals surface area contributed by atoms with E-state index in [1.165, 1.54) is 28.0 Å². The second-order valence-electron chi connectivity index (χ2n) is 8.93. The molecule has 198 valence electrons. The minimum Gasteiger partial charge on any atom is -0.379 e. The molecule has 1 aliphatic rings. The standard InChI is InChI=1S/C25H23F3N6O3S/c1-13(14-2-4-17(5-3-14)25(26,27)28)30-23(36)20-9-16(12-38-20)15-8-19(21-32-24(29)33-34(21)10-15)22(35)31-18-6-7-37-11-18/h2-5,8-10,12-13,18H,6-7,11H2,1H3,(H2,29,33)(H,30,36)(H,31,35)/t13-,18-/m0/s1. The summed E-state index contributed by atoms with van der Waals surface area (Å²) in [4.78, 5) is 30.5. The maximum atomic E-state index is 13.0. The van der Waals surface area contributed by atoms with Crippen LogP contribution in [0.5, 0.6) is 0 Å². The zero-order valence-corrected chi connectivity index (χ0v) is 20.9. The largest absolute Gasteiger partial charge is 0.416 e. The number of nitrogens with two attached hydrogens (primary N) is 1. The van der Waals surface area contributed by atoms with Crippen LogP contribution in [-0.2, 0) is 10.9 Å². The summed E-state index contributed by atoms with van der Waals surface area (Å²) in [7, 11) is 0. The number of amides is 2. The fraction of sp³-hybridized carbons (Fsp3) is 0.280. The summed E-state index contributed by atoms with van der Waals surface area (Å²) in [5.41, 5.74) is 7.46. The van der Waals surface area contributed by atoms with Crippen molar-refractivity contribution < 1.29 is 27.5 Å². The zero-order chi connectivity index (χ0) is 27.0. The fourth-order valence-electron chi connectivity index (χ4n) is 4.16. The SMILES string of the molecule is C[C@H](NC(=O)c1cc(-c2cc(C(=O)N[C@H]3CCOC3)c3nc(N)nn3c2)cs1)c1ccc(C(F)(F)F)cc1. The molecule has 4 N–H and O–H groups in total. The Balaban J connectivity index is 1.35. The van der Waals surface area contributed by atoms with E-state index in [2.05, 4.69) is 20.7 Å². The highest BCUT2D eigenvalue weighted by Crippen LogP contribution is 2.31. The number of alkyl halides is 3. The van der Waals surface area contributed by atoms with Gasteiger partial charge in [-0.2, -0.15) is 18.2 Å². The van der Waals surface area contributed by atoms with Crippen molar-refractivity contribution in [1.82, 2.24) is 25.2 Å². The molecule has 1 aliphatic heterocycles. The van der Waals surface area contributed by atoms with Crippen LogP contribution in [0.1, 0.15) is 50.5 Å². The number of carbonyl (C=O) groups is 2. The highest BCUT2D eigenvalue weighted by atomic mass is 32.1. The van der Waals surface area contributed by atoms with Crippen LogP contribution in [0, 0.1) is 0 Å². The van der Waals surface area contributed by atoms with Crippen molar-refractivity contribution in [2.75, 3.05) is 18.9 Å². The van der Waals surface area contributed by atoms with Crippen molar-refractivity contribution in [3.05, 3.63) is 69.5 Å². The first-order valence-corrected chi connectivity index (χ1v) is 12.6. The molecule has 0 spiro atoms. The number of aromatic nitrogens is 3. The van der Waals surface area contributed by atoms with E-state index < -0.39 is 17.8 Å². The number of anilines is 1. The number of carbonyl (C=O) groups excluding carboxylic acids is 2. The van der Waals surface area contributed by atoms with Gasteiger partial charge in [-0.15, -0.1) is 16.4 Å². The van der Waals surface area contributed by atoms with Crippen LogP contribution < -0.4 is 16.4 Å². The molecule has 5 rings (SSSR count). The highest BCUT2D eigenvalue weighted by molar-refractivity contribution is 7.12. The lowest BCUT2D eigenvalue weighted by Gasteiger charge is -2.15. The highest BCUT2D eigenvalue weighted by Gasteiger charge is 2.30. The second kappa shape index (κ2) is 10.1. The van der Waals surface area contributed by atoms with Gasteiger partial charge in [-0.05, 0) is 54.1 Å². The average molecular weight is 545 g/mol. The predicted molar refractivity (Wildman–Crippen MR) is 135 cm³/mol. The van der Waals surface area contributed by atoms with Crippen molar-refractivity contribution in [2.45, 2.75) is 31.6 Å². The van der Waals surface area contributed by atoms with E-state index in [9.17, 15) is 22.8 Å². The summed E-state index contributed by atoms with van der Waals surface area (Å²) < 4.78 is 45.2. The van der Waals surface area contributed by atoms with E-state index in [1.54, 1.807) is 30.6 Å². The number of fused-ring (bicyclic) bond motifs is 1. The number of nitrogen functional groups attached to an aromatic ring is 1. The van der Waals surface area contributed by atoms with Gasteiger partial charge in [0.05, 0.1) is 34.7 Å². The molecule has 0 radical (unpaired) electrons. The second-order valence-corrected chi connectivity index (χ2v) is 9.84. The lowest BCUT2D eigenvalue weighted by atomic mass is 10.1. The van der Waals surface area contributed by atoms with Crippen LogP contribution in [0.4, 0.5) is 19.1 Å². The van der Waals surface area contributed by atoms with Gasteiger partial charge < -0.3 is 21.1 Å². The molecule has 2 atom stereocenters. The Bertz CT molecular complexity index is 1490. The molecule has 13 heteroatoms. The number of thiophene rings is 1. The third-order valence-electron chi connectivity index (χ3n) is 6.20. The van der Waals surface area contributed by atoms with Crippen LogP contribution >= 0.6 is 11.3 Å². The van der Waals surface area contributed by atoms with Gasteiger partial charge in [-0.1, -0.05) is 12.1 Å². The molecule has 0 saturated carbocycles. The maximum Gasteiger partial charge on any atom is 0.416 e. The Morgan fingerprint density at radius 1 is 1.18 bits per heavy atom. The lowest BCUT2D eigenvalue weighted by molar-refractivity contribution is -0.137. The Morgan fingerprint density at radius 2 is 1.95 bits per heavy atom. The monoisotopic (exact) mass is 544 g/mol. The van der Waals surface area contributed by atoms with Gasteiger partial charge in [-0.3, -0.25) is 9.59 Å². The number of pyridine rings is 1. The molecule has 38 heavy (non-hydrogen) atoms. The van der Waals surface area contributed by atoms with Crippen LogP contribution in [0.2, 0.25) is 0 Å². The van der Waals surface area contributed by atoms with E-state index in [1.807, 2.05) is 0 Å². The maximum absolute atomic E-state index is 13.0. The summed E-state index contributed by atoms with van der Waals surface area (Å²) in [5.74, 6) is -0.694. The molecular formula is C25H23F3N6O3S. The molecule has 1 aromatic carbocycles. The number of nitrogens with zero attached hydrogens (tertiary/aromatic N) is 3. The lowest BCUT2D eigenvalue weighted by Crippen LogP contribution is -2.35. The van der Waals surface area contributed by atoms with E-state index >= 15 is 0 Å². The number of hydrogen-bond donors (Lipinski definition) is 3. The quantitative estimate of drug-likeness (QED) is 0.336. The van der Waals surface area contributed by atoms with E-state index in [-0.39, 0.29) is 29.4 Å². The molecule has 9 nitrogen and oxygen atoms in total. The van der Waals surface area contributed by atoms with Crippen LogP contribution in [0.3, 0.4) is 0 Å². The van der Waals surface area contributed by atoms with Gasteiger partial charge in [0.15, 0.2) is 5.65 Å². The van der Waals surface area contributed by atoms with Crippen molar-refractivity contribution in [3.63, 3.8) is 0 Å².